The summed E-state index contributed by atoms with van der Waals surface area (Å²) in [6.45, 7) is 4.76. The van der Waals surface area contributed by atoms with Crippen LogP contribution in [0.1, 0.15) is 37.0 Å². The van der Waals surface area contributed by atoms with E-state index in [1.54, 1.807) is 18.2 Å². The average molecular weight is 289 g/mol. The van der Waals surface area contributed by atoms with Crippen molar-refractivity contribution in [2.45, 2.75) is 38.8 Å². The van der Waals surface area contributed by atoms with E-state index in [0.717, 1.165) is 19.4 Å². The number of rotatable bonds is 4. The minimum Gasteiger partial charge on any atom is -0.328 e. The third-order valence-electron chi connectivity index (χ3n) is 3.98. The van der Waals surface area contributed by atoms with E-state index in [1.165, 1.54) is 6.92 Å². The second kappa shape index (κ2) is 6.83. The van der Waals surface area contributed by atoms with E-state index >= 15 is 0 Å². The molecule has 0 aromatic heterocycles. The Morgan fingerprint density at radius 3 is 2.76 bits per heavy atom. The number of carbonyl (C=O) groups excluding carboxylic acids is 2. The number of piperidine rings is 1. The number of carbonyl (C=O) groups is 2. The molecule has 5 heteroatoms. The number of hydrogen-bond donors (Lipinski definition) is 2. The van der Waals surface area contributed by atoms with Gasteiger partial charge in [-0.1, -0.05) is 12.1 Å². The number of nitrogens with two attached hydrogens (primary N) is 1. The molecule has 1 aliphatic rings. The van der Waals surface area contributed by atoms with Crippen molar-refractivity contribution >= 4 is 17.4 Å². The number of likely N-dealkylation sites (tertiary alicyclic amines) is 1. The minimum absolute atomic E-state index is 0.0526. The molecule has 1 heterocycles. The van der Waals surface area contributed by atoms with E-state index < -0.39 is 0 Å². The van der Waals surface area contributed by atoms with Crippen LogP contribution in [0, 0.1) is 0 Å². The van der Waals surface area contributed by atoms with Crippen molar-refractivity contribution in [2.75, 3.05) is 18.4 Å². The van der Waals surface area contributed by atoms with Crippen molar-refractivity contribution in [3.8, 4) is 0 Å². The predicted octanol–water partition coefficient (Wildman–Crippen LogP) is 1.64. The number of hydrogen-bond acceptors (Lipinski definition) is 4. The fourth-order valence-corrected chi connectivity index (χ4v) is 2.77. The normalized spacial score (nSPS) is 22.8. The number of benzene rings is 1. The first kappa shape index (κ1) is 15.7. The molecule has 1 aromatic rings. The van der Waals surface area contributed by atoms with Crippen LogP contribution in [0.15, 0.2) is 24.3 Å². The van der Waals surface area contributed by atoms with E-state index in [1.807, 2.05) is 6.07 Å². The zero-order chi connectivity index (χ0) is 15.4. The lowest BCUT2D eigenvalue weighted by molar-refractivity contribution is -0.118. The average Bonchev–Trinajstić information content (AvgIpc) is 2.42. The monoisotopic (exact) mass is 289 g/mol. The summed E-state index contributed by atoms with van der Waals surface area (Å²) >= 11 is 0. The third kappa shape index (κ3) is 4.12. The van der Waals surface area contributed by atoms with Gasteiger partial charge in [0.15, 0.2) is 5.78 Å². The first-order valence-corrected chi connectivity index (χ1v) is 7.37. The highest BCUT2D eigenvalue weighted by molar-refractivity contribution is 6.04. The molecule has 0 bridgehead atoms. The molecule has 3 N–H and O–H groups in total. The lowest BCUT2D eigenvalue weighted by atomic mass is 9.99. The molecule has 2 unspecified atom stereocenters. The van der Waals surface area contributed by atoms with E-state index in [-0.39, 0.29) is 17.7 Å². The molecule has 5 nitrogen and oxygen atoms in total. The van der Waals surface area contributed by atoms with Gasteiger partial charge in [-0.15, -0.1) is 0 Å². The number of Topliss-reactive ketones (excluding diaryl/α,β-unsaturated/α-hetero) is 1. The molecule has 0 aliphatic carbocycles. The van der Waals surface area contributed by atoms with E-state index in [0.29, 0.717) is 23.8 Å². The fourth-order valence-electron chi connectivity index (χ4n) is 2.77. The second-order valence-corrected chi connectivity index (χ2v) is 5.75. The first-order chi connectivity index (χ1) is 9.97. The standard InChI is InChI=1S/C16H23N3O2/c1-11-9-13(17)7-8-19(11)10-16(21)18-15-6-4-3-5-14(15)12(2)20/h3-6,11,13H,7-10,17H2,1-2H3,(H,18,21). The van der Waals surface area contributed by atoms with E-state index in [9.17, 15) is 9.59 Å². The first-order valence-electron chi connectivity index (χ1n) is 7.37. The molecule has 0 saturated carbocycles. The van der Waals surface area contributed by atoms with Crippen LogP contribution < -0.4 is 11.1 Å². The Kier molecular flexibility index (Phi) is 5.09. The molecular formula is C16H23N3O2. The van der Waals surface area contributed by atoms with Crippen LogP contribution in [-0.2, 0) is 4.79 Å². The van der Waals surface area contributed by atoms with Gasteiger partial charge in [-0.05, 0) is 38.8 Å². The smallest absolute Gasteiger partial charge is 0.238 e. The summed E-state index contributed by atoms with van der Waals surface area (Å²) in [4.78, 5) is 25.9. The Bertz CT molecular complexity index is 530. The van der Waals surface area contributed by atoms with Crippen molar-refractivity contribution < 1.29 is 9.59 Å². The number of para-hydroxylation sites is 1. The van der Waals surface area contributed by atoms with Gasteiger partial charge in [0.2, 0.25) is 5.91 Å². The van der Waals surface area contributed by atoms with Gasteiger partial charge in [0.25, 0.3) is 0 Å². The van der Waals surface area contributed by atoms with Gasteiger partial charge in [0.1, 0.15) is 0 Å². The SMILES string of the molecule is CC(=O)c1ccccc1NC(=O)CN1CCC(N)CC1C. The van der Waals surface area contributed by atoms with Crippen molar-refractivity contribution in [1.29, 1.82) is 0 Å². The van der Waals surface area contributed by atoms with Crippen LogP contribution in [0.25, 0.3) is 0 Å². The van der Waals surface area contributed by atoms with Crippen molar-refractivity contribution in [3.63, 3.8) is 0 Å². The van der Waals surface area contributed by atoms with Gasteiger partial charge in [0, 0.05) is 24.2 Å². The maximum atomic E-state index is 12.2. The molecule has 1 amide bonds. The number of anilines is 1. The molecule has 21 heavy (non-hydrogen) atoms. The van der Waals surface area contributed by atoms with Gasteiger partial charge in [-0.3, -0.25) is 14.5 Å². The Morgan fingerprint density at radius 1 is 1.38 bits per heavy atom. The minimum atomic E-state index is -0.0916. The van der Waals surface area contributed by atoms with Crippen molar-refractivity contribution in [2.24, 2.45) is 5.73 Å². The highest BCUT2D eigenvalue weighted by atomic mass is 16.2. The Balaban J connectivity index is 1.98. The molecule has 1 aromatic carbocycles. The van der Waals surface area contributed by atoms with Crippen LogP contribution >= 0.6 is 0 Å². The third-order valence-corrected chi connectivity index (χ3v) is 3.98. The molecule has 2 rings (SSSR count). The second-order valence-electron chi connectivity index (χ2n) is 5.75. The van der Waals surface area contributed by atoms with E-state index in [4.69, 9.17) is 5.73 Å². The highest BCUT2D eigenvalue weighted by Crippen LogP contribution is 2.18. The lowest BCUT2D eigenvalue weighted by Crippen LogP contribution is -2.48. The molecule has 1 aliphatic heterocycles. The van der Waals surface area contributed by atoms with Gasteiger partial charge in [-0.25, -0.2) is 0 Å². The molecule has 2 atom stereocenters. The summed E-state index contributed by atoms with van der Waals surface area (Å²) in [6, 6.07) is 7.62. The number of nitrogens with zero attached hydrogens (tertiary/aromatic N) is 1. The molecule has 114 valence electrons. The summed E-state index contributed by atoms with van der Waals surface area (Å²) in [5.74, 6) is -0.144. The quantitative estimate of drug-likeness (QED) is 0.826. The maximum absolute atomic E-state index is 12.2. The van der Waals surface area contributed by atoms with Crippen LogP contribution in [0.4, 0.5) is 5.69 Å². The Labute approximate surface area is 125 Å². The number of nitrogens with one attached hydrogen (secondary N) is 1. The van der Waals surface area contributed by atoms with Crippen LogP contribution in [0.5, 0.6) is 0 Å². The molecule has 0 radical (unpaired) electrons. The summed E-state index contributed by atoms with van der Waals surface area (Å²) in [5.41, 5.74) is 7.05. The topological polar surface area (TPSA) is 75.4 Å². The van der Waals surface area contributed by atoms with Gasteiger partial charge in [-0.2, -0.15) is 0 Å². The van der Waals surface area contributed by atoms with Gasteiger partial charge >= 0.3 is 0 Å². The lowest BCUT2D eigenvalue weighted by Gasteiger charge is -2.35. The van der Waals surface area contributed by atoms with Crippen molar-refractivity contribution in [3.05, 3.63) is 29.8 Å². The van der Waals surface area contributed by atoms with Crippen LogP contribution in [-0.4, -0.2) is 41.8 Å². The van der Waals surface area contributed by atoms with Gasteiger partial charge < -0.3 is 11.1 Å². The largest absolute Gasteiger partial charge is 0.328 e. The van der Waals surface area contributed by atoms with Gasteiger partial charge in [0.05, 0.1) is 12.2 Å². The van der Waals surface area contributed by atoms with Crippen molar-refractivity contribution in [1.82, 2.24) is 4.90 Å². The van der Waals surface area contributed by atoms with Crippen LogP contribution in [0.2, 0.25) is 0 Å². The number of amides is 1. The molecule has 1 fully saturated rings. The summed E-state index contributed by atoms with van der Waals surface area (Å²) in [5, 5.41) is 2.84. The van der Waals surface area contributed by atoms with Crippen LogP contribution in [0.3, 0.4) is 0 Å². The molecule has 0 spiro atoms. The molecule has 1 saturated heterocycles. The Morgan fingerprint density at radius 2 is 2.10 bits per heavy atom. The summed E-state index contributed by atoms with van der Waals surface area (Å²) < 4.78 is 0. The fraction of sp³-hybridized carbons (Fsp3) is 0.500. The summed E-state index contributed by atoms with van der Waals surface area (Å²) in [6.07, 6.45) is 1.83. The maximum Gasteiger partial charge on any atom is 0.238 e. The highest BCUT2D eigenvalue weighted by Gasteiger charge is 2.24. The Hall–Kier alpha value is -1.72. The zero-order valence-electron chi connectivity index (χ0n) is 12.6. The predicted molar refractivity (Wildman–Crippen MR) is 83.3 cm³/mol. The number of ketones is 1. The van der Waals surface area contributed by atoms with E-state index in [2.05, 4.69) is 17.1 Å². The zero-order valence-corrected chi connectivity index (χ0v) is 12.6. The molecular weight excluding hydrogens is 266 g/mol. The summed E-state index contributed by atoms with van der Waals surface area (Å²) in [7, 11) is 0.